The summed E-state index contributed by atoms with van der Waals surface area (Å²) in [5.74, 6) is -0.0117. The molecule has 0 saturated heterocycles. The van der Waals surface area contributed by atoms with Crippen molar-refractivity contribution in [2.75, 3.05) is 0 Å². The summed E-state index contributed by atoms with van der Waals surface area (Å²) >= 11 is 0. The Hall–Kier alpha value is 0.130. The summed E-state index contributed by atoms with van der Waals surface area (Å²) in [4.78, 5) is 0. The molecule has 0 spiro atoms. The molecular weight excluding hydrogens is 271 g/mol. The first-order chi connectivity index (χ1) is 8.54. The van der Waals surface area contributed by atoms with E-state index in [4.69, 9.17) is 0 Å². The maximum atomic E-state index is 11.6. The summed E-state index contributed by atoms with van der Waals surface area (Å²) in [6.07, 6.45) is 4.54. The Kier molecular flexibility index (Phi) is 6.54. The number of fused-ring (bicyclic) bond motifs is 1. The second-order valence-electron chi connectivity index (χ2n) is 5.05. The first-order valence-corrected chi connectivity index (χ1v) is 8.03. The van der Waals surface area contributed by atoms with Crippen molar-refractivity contribution in [3.05, 3.63) is 35.4 Å². The fourth-order valence-electron chi connectivity index (χ4n) is 2.94. The van der Waals surface area contributed by atoms with Gasteiger partial charge in [-0.3, -0.25) is 0 Å². The molecule has 2 atom stereocenters. The topological polar surface area (TPSA) is 57.2 Å². The van der Waals surface area contributed by atoms with Crippen molar-refractivity contribution in [3.63, 3.8) is 0 Å². The van der Waals surface area contributed by atoms with Gasteiger partial charge < -0.3 is 4.55 Å². The van der Waals surface area contributed by atoms with Crippen LogP contribution >= 0.6 is 0 Å². The van der Waals surface area contributed by atoms with E-state index >= 15 is 0 Å². The second kappa shape index (κ2) is 7.23. The van der Waals surface area contributed by atoms with Gasteiger partial charge in [0, 0.05) is 0 Å². The summed E-state index contributed by atoms with van der Waals surface area (Å²) < 4.78 is 34.7. The Morgan fingerprint density at radius 3 is 2.63 bits per heavy atom. The molecular formula is C14H19NaO3S. The zero-order chi connectivity index (χ0) is 13.2. The van der Waals surface area contributed by atoms with Crippen molar-refractivity contribution in [3.8, 4) is 0 Å². The third-order valence-electron chi connectivity index (χ3n) is 3.81. The van der Waals surface area contributed by atoms with Crippen LogP contribution < -0.4 is 29.6 Å². The first-order valence-electron chi connectivity index (χ1n) is 6.56. The molecule has 0 aromatic heterocycles. The largest absolute Gasteiger partial charge is 1.00 e. The van der Waals surface area contributed by atoms with Crippen LogP contribution in [0.15, 0.2) is 24.3 Å². The number of unbranched alkanes of at least 4 members (excludes halogenated alkanes) is 1. The first kappa shape index (κ1) is 17.2. The number of hydrogen-bond acceptors (Lipinski definition) is 3. The van der Waals surface area contributed by atoms with E-state index in [2.05, 4.69) is 6.92 Å². The molecule has 1 aromatic rings. The summed E-state index contributed by atoms with van der Waals surface area (Å²) in [7, 11) is -4.27. The molecule has 100 valence electrons. The van der Waals surface area contributed by atoms with Crippen molar-refractivity contribution < 1.29 is 42.5 Å². The van der Waals surface area contributed by atoms with Gasteiger partial charge in [0.25, 0.3) is 0 Å². The van der Waals surface area contributed by atoms with E-state index in [1.54, 1.807) is 6.07 Å². The monoisotopic (exact) mass is 290 g/mol. The SMILES string of the molecule is CCCCC1CCc2ccccc2C1S(=O)(=O)[O-].[Na+]. The van der Waals surface area contributed by atoms with Crippen LogP contribution in [0.1, 0.15) is 49.0 Å². The average Bonchev–Trinajstić information content (AvgIpc) is 2.34. The van der Waals surface area contributed by atoms with Gasteiger partial charge in [-0.05, 0) is 36.3 Å². The quantitative estimate of drug-likeness (QED) is 0.581. The van der Waals surface area contributed by atoms with Crippen molar-refractivity contribution in [1.29, 1.82) is 0 Å². The molecule has 2 unspecified atom stereocenters. The number of hydrogen-bond donors (Lipinski definition) is 0. The maximum Gasteiger partial charge on any atom is 1.00 e. The van der Waals surface area contributed by atoms with Crippen molar-refractivity contribution in [2.24, 2.45) is 5.92 Å². The molecule has 1 aliphatic rings. The summed E-state index contributed by atoms with van der Waals surface area (Å²) in [5.41, 5.74) is 1.76. The molecule has 0 aliphatic heterocycles. The van der Waals surface area contributed by atoms with Crippen LogP contribution in [0.2, 0.25) is 0 Å². The molecule has 19 heavy (non-hydrogen) atoms. The molecule has 0 heterocycles. The van der Waals surface area contributed by atoms with E-state index in [0.717, 1.165) is 43.2 Å². The van der Waals surface area contributed by atoms with E-state index in [1.165, 1.54) is 0 Å². The van der Waals surface area contributed by atoms with E-state index in [0.29, 0.717) is 0 Å². The summed E-state index contributed by atoms with van der Waals surface area (Å²) in [5, 5.41) is -0.839. The predicted octanol–water partition coefficient (Wildman–Crippen LogP) is 0.0295. The minimum atomic E-state index is -4.27. The van der Waals surface area contributed by atoms with Crippen LogP contribution in [0.4, 0.5) is 0 Å². The van der Waals surface area contributed by atoms with E-state index in [9.17, 15) is 13.0 Å². The van der Waals surface area contributed by atoms with Gasteiger partial charge in [0.15, 0.2) is 0 Å². The molecule has 0 N–H and O–H groups in total. The molecule has 5 heteroatoms. The average molecular weight is 290 g/mol. The van der Waals surface area contributed by atoms with E-state index < -0.39 is 15.4 Å². The summed E-state index contributed by atoms with van der Waals surface area (Å²) in [6, 6.07) is 7.45. The normalized spacial score (nSPS) is 22.4. The molecule has 0 amide bonds. The van der Waals surface area contributed by atoms with Gasteiger partial charge in [0.2, 0.25) is 0 Å². The third kappa shape index (κ3) is 4.05. The van der Waals surface area contributed by atoms with Crippen molar-refractivity contribution in [2.45, 2.75) is 44.3 Å². The van der Waals surface area contributed by atoms with Crippen LogP contribution in [-0.2, 0) is 16.5 Å². The Morgan fingerprint density at radius 2 is 2.00 bits per heavy atom. The van der Waals surface area contributed by atoms with Crippen molar-refractivity contribution >= 4 is 10.1 Å². The number of rotatable bonds is 4. The molecule has 0 radical (unpaired) electrons. The van der Waals surface area contributed by atoms with Crippen LogP contribution in [0, 0.1) is 5.92 Å². The Labute approximate surface area is 137 Å². The minimum absolute atomic E-state index is 0. The van der Waals surface area contributed by atoms with Gasteiger partial charge in [-0.1, -0.05) is 44.0 Å². The Morgan fingerprint density at radius 1 is 1.32 bits per heavy atom. The van der Waals surface area contributed by atoms with E-state index in [-0.39, 0.29) is 35.5 Å². The predicted molar refractivity (Wildman–Crippen MR) is 70.2 cm³/mol. The standard InChI is InChI=1S/C14H20O3S.Na/c1-2-3-6-12-10-9-11-7-4-5-8-13(11)14(12)18(15,16)17;/h4-5,7-8,12,14H,2-3,6,9-10H2,1H3,(H,15,16,17);/q;+1/p-1. The second-order valence-corrected chi connectivity index (χ2v) is 6.55. The smallest absolute Gasteiger partial charge is 0.747 e. The Bertz CT molecular complexity index is 513. The van der Waals surface area contributed by atoms with Crippen LogP contribution in [-0.4, -0.2) is 13.0 Å². The van der Waals surface area contributed by atoms with Gasteiger partial charge in [-0.2, -0.15) is 0 Å². The molecule has 0 bridgehead atoms. The molecule has 1 aromatic carbocycles. The zero-order valence-corrected chi connectivity index (χ0v) is 14.4. The van der Waals surface area contributed by atoms with Gasteiger partial charge in [-0.25, -0.2) is 8.42 Å². The molecule has 0 saturated carbocycles. The molecule has 1 aliphatic carbocycles. The van der Waals surface area contributed by atoms with Crippen molar-refractivity contribution in [1.82, 2.24) is 0 Å². The van der Waals surface area contributed by atoms with Gasteiger partial charge in [-0.15, -0.1) is 0 Å². The van der Waals surface area contributed by atoms with Gasteiger partial charge in [0.05, 0.1) is 5.25 Å². The number of benzene rings is 1. The molecule has 3 nitrogen and oxygen atoms in total. The maximum absolute atomic E-state index is 11.6. The summed E-state index contributed by atoms with van der Waals surface area (Å²) in [6.45, 7) is 2.08. The zero-order valence-electron chi connectivity index (χ0n) is 11.6. The minimum Gasteiger partial charge on any atom is -0.747 e. The van der Waals surface area contributed by atoms with Crippen LogP contribution in [0.25, 0.3) is 0 Å². The van der Waals surface area contributed by atoms with Gasteiger partial charge in [0.1, 0.15) is 10.1 Å². The van der Waals surface area contributed by atoms with Gasteiger partial charge >= 0.3 is 29.6 Å². The van der Waals surface area contributed by atoms with Crippen LogP contribution in [0.5, 0.6) is 0 Å². The number of aryl methyl sites for hydroxylation is 1. The van der Waals surface area contributed by atoms with Crippen LogP contribution in [0.3, 0.4) is 0 Å². The third-order valence-corrected chi connectivity index (χ3v) is 5.07. The Balaban J connectivity index is 0.00000180. The van der Waals surface area contributed by atoms with E-state index in [1.807, 2.05) is 18.2 Å². The fraction of sp³-hybridized carbons (Fsp3) is 0.571. The fourth-order valence-corrected chi connectivity index (χ4v) is 4.22. The molecule has 0 fully saturated rings. The molecule has 2 rings (SSSR count).